The lowest BCUT2D eigenvalue weighted by Crippen LogP contribution is -3.15. The fourth-order valence-electron chi connectivity index (χ4n) is 4.04. The van der Waals surface area contributed by atoms with Gasteiger partial charge in [0.05, 0.1) is 18.1 Å². The van der Waals surface area contributed by atoms with Crippen molar-refractivity contribution in [1.82, 2.24) is 9.21 Å². The van der Waals surface area contributed by atoms with E-state index in [1.807, 2.05) is 32.9 Å². The van der Waals surface area contributed by atoms with E-state index < -0.39 is 10.0 Å². The van der Waals surface area contributed by atoms with Gasteiger partial charge in [0, 0.05) is 26.2 Å². The highest BCUT2D eigenvalue weighted by Gasteiger charge is 2.33. The molecule has 2 aliphatic rings. The number of hydrogen-bond donors (Lipinski definition) is 1. The number of carbonyl (C=O) groups excluding carboxylic acids is 1. The molecule has 0 unspecified atom stereocenters. The van der Waals surface area contributed by atoms with Gasteiger partial charge in [-0.05, 0) is 31.9 Å². The lowest BCUT2D eigenvalue weighted by molar-refractivity contribution is -0.900. The van der Waals surface area contributed by atoms with Gasteiger partial charge in [0.25, 0.3) is 5.91 Å². The monoisotopic (exact) mass is 396 g/mol. The van der Waals surface area contributed by atoms with E-state index in [0.29, 0.717) is 50.8 Å². The average Bonchev–Trinajstić information content (AvgIpc) is 2.61. The molecule has 7 nitrogen and oxygen atoms in total. The Morgan fingerprint density at radius 2 is 1.59 bits per heavy atom. The molecule has 0 aromatic heterocycles. The Morgan fingerprint density at radius 3 is 2.15 bits per heavy atom. The number of sulfonamides is 1. The summed E-state index contributed by atoms with van der Waals surface area (Å²) < 4.78 is 33.1. The van der Waals surface area contributed by atoms with Crippen molar-refractivity contribution in [2.45, 2.75) is 25.7 Å². The summed E-state index contributed by atoms with van der Waals surface area (Å²) in [7, 11) is -3.54. The number of nitrogens with one attached hydrogen (secondary N) is 1. The molecule has 27 heavy (non-hydrogen) atoms. The van der Waals surface area contributed by atoms with E-state index in [2.05, 4.69) is 0 Å². The second kappa shape index (κ2) is 8.26. The van der Waals surface area contributed by atoms with Gasteiger partial charge in [-0.3, -0.25) is 4.79 Å². The maximum Gasteiger partial charge on any atom is 0.277 e. The van der Waals surface area contributed by atoms with Gasteiger partial charge in [-0.1, -0.05) is 17.7 Å². The highest BCUT2D eigenvalue weighted by molar-refractivity contribution is 7.89. The van der Waals surface area contributed by atoms with E-state index in [-0.39, 0.29) is 5.91 Å². The highest BCUT2D eigenvalue weighted by atomic mass is 32.2. The van der Waals surface area contributed by atoms with Gasteiger partial charge in [-0.15, -0.1) is 0 Å². The predicted molar refractivity (Wildman–Crippen MR) is 102 cm³/mol. The van der Waals surface area contributed by atoms with E-state index in [0.717, 1.165) is 29.8 Å². The number of nitrogens with zero attached hydrogens (tertiary/aromatic N) is 2. The molecule has 0 aliphatic carbocycles. The molecule has 2 saturated heterocycles. The number of carbonyl (C=O) groups is 1. The Morgan fingerprint density at radius 1 is 1.04 bits per heavy atom. The third-order valence-electron chi connectivity index (χ3n) is 5.40. The number of rotatable bonds is 4. The van der Waals surface area contributed by atoms with Crippen LogP contribution in [0.3, 0.4) is 0 Å². The summed E-state index contributed by atoms with van der Waals surface area (Å²) in [4.78, 5) is 16.0. The number of morpholine rings is 1. The summed E-state index contributed by atoms with van der Waals surface area (Å²) in [6.07, 6.45) is 0. The van der Waals surface area contributed by atoms with Crippen LogP contribution in [0.2, 0.25) is 0 Å². The molecule has 2 aliphatic heterocycles. The molecule has 0 spiro atoms. The SMILES string of the molecule is Cc1cc(C)c(S(=O)(=O)N2CCN(C(=O)C[NH+]3CCOCC3)CC2)c(C)c1. The topological polar surface area (TPSA) is 71.4 Å². The Kier molecular flexibility index (Phi) is 6.20. The number of amides is 1. The molecule has 2 heterocycles. The first kappa shape index (κ1) is 20.3. The molecular formula is C19H30N3O4S+. The van der Waals surface area contributed by atoms with Gasteiger partial charge < -0.3 is 14.5 Å². The predicted octanol–water partition coefficient (Wildman–Crippen LogP) is -0.640. The summed E-state index contributed by atoms with van der Waals surface area (Å²) in [5.74, 6) is 0.103. The Balaban J connectivity index is 1.64. The zero-order chi connectivity index (χ0) is 19.6. The van der Waals surface area contributed by atoms with Gasteiger partial charge in [0.1, 0.15) is 13.1 Å². The number of piperazine rings is 1. The first-order valence-electron chi connectivity index (χ1n) is 9.56. The van der Waals surface area contributed by atoms with Crippen LogP contribution in [0.15, 0.2) is 17.0 Å². The van der Waals surface area contributed by atoms with Crippen molar-refractivity contribution in [3.8, 4) is 0 Å². The Labute approximate surface area is 161 Å². The molecule has 8 heteroatoms. The van der Waals surface area contributed by atoms with Crippen molar-refractivity contribution in [3.63, 3.8) is 0 Å². The smallest absolute Gasteiger partial charge is 0.277 e. The third-order valence-corrected chi connectivity index (χ3v) is 7.60. The first-order chi connectivity index (χ1) is 12.8. The van der Waals surface area contributed by atoms with E-state index >= 15 is 0 Å². The zero-order valence-electron chi connectivity index (χ0n) is 16.5. The molecule has 1 N–H and O–H groups in total. The number of quaternary nitrogens is 1. The minimum Gasteiger partial charge on any atom is -0.370 e. The molecule has 1 aromatic rings. The summed E-state index contributed by atoms with van der Waals surface area (Å²) in [6, 6.07) is 3.82. The molecule has 2 fully saturated rings. The van der Waals surface area contributed by atoms with Crippen LogP contribution in [0.4, 0.5) is 0 Å². The number of hydrogen-bond acceptors (Lipinski definition) is 4. The van der Waals surface area contributed by atoms with Crippen LogP contribution in [0.25, 0.3) is 0 Å². The number of benzene rings is 1. The molecule has 0 bridgehead atoms. The van der Waals surface area contributed by atoms with E-state index in [1.165, 1.54) is 9.21 Å². The van der Waals surface area contributed by atoms with Gasteiger partial charge in [0.15, 0.2) is 6.54 Å². The third kappa shape index (κ3) is 4.51. The normalized spacial score (nSPS) is 20.0. The highest BCUT2D eigenvalue weighted by Crippen LogP contribution is 2.26. The molecule has 0 saturated carbocycles. The fourth-order valence-corrected chi connectivity index (χ4v) is 5.88. The van der Waals surface area contributed by atoms with Crippen LogP contribution in [0.1, 0.15) is 16.7 Å². The van der Waals surface area contributed by atoms with Crippen LogP contribution < -0.4 is 4.90 Å². The van der Waals surface area contributed by atoms with E-state index in [4.69, 9.17) is 4.74 Å². The number of ether oxygens (including phenoxy) is 1. The Bertz CT molecular complexity index is 772. The van der Waals surface area contributed by atoms with Gasteiger partial charge in [0.2, 0.25) is 10.0 Å². The maximum atomic E-state index is 13.1. The quantitative estimate of drug-likeness (QED) is 0.735. The van der Waals surface area contributed by atoms with Crippen molar-refractivity contribution >= 4 is 15.9 Å². The van der Waals surface area contributed by atoms with Gasteiger partial charge >= 0.3 is 0 Å². The molecule has 0 atom stereocenters. The van der Waals surface area contributed by atoms with Crippen LogP contribution in [0, 0.1) is 20.8 Å². The molecule has 150 valence electrons. The molecule has 3 rings (SSSR count). The van der Waals surface area contributed by atoms with E-state index in [9.17, 15) is 13.2 Å². The molecule has 1 amide bonds. The van der Waals surface area contributed by atoms with Gasteiger partial charge in [-0.25, -0.2) is 8.42 Å². The van der Waals surface area contributed by atoms with Crippen LogP contribution in [-0.2, 0) is 19.6 Å². The van der Waals surface area contributed by atoms with Crippen molar-refractivity contribution < 1.29 is 22.8 Å². The maximum absolute atomic E-state index is 13.1. The summed E-state index contributed by atoms with van der Waals surface area (Å²) >= 11 is 0. The lowest BCUT2D eigenvalue weighted by Gasteiger charge is -2.35. The number of aryl methyl sites for hydroxylation is 3. The molecular weight excluding hydrogens is 366 g/mol. The van der Waals surface area contributed by atoms with E-state index in [1.54, 1.807) is 4.90 Å². The lowest BCUT2D eigenvalue weighted by atomic mass is 10.1. The minimum absolute atomic E-state index is 0.103. The molecule has 0 radical (unpaired) electrons. The summed E-state index contributed by atoms with van der Waals surface area (Å²) in [5.41, 5.74) is 2.62. The first-order valence-corrected chi connectivity index (χ1v) is 11.0. The van der Waals surface area contributed by atoms with Crippen LogP contribution >= 0.6 is 0 Å². The average molecular weight is 397 g/mol. The van der Waals surface area contributed by atoms with Crippen LogP contribution in [-0.4, -0.2) is 82.6 Å². The standard InChI is InChI=1S/C19H29N3O4S/c1-15-12-16(2)19(17(3)13-15)27(24,25)22-6-4-21(5-7-22)18(23)14-20-8-10-26-11-9-20/h12-13H,4-11,14H2,1-3H3/p+1. The van der Waals surface area contributed by atoms with Crippen molar-refractivity contribution in [2.75, 3.05) is 59.0 Å². The minimum atomic E-state index is -3.54. The Hall–Kier alpha value is -1.48. The van der Waals surface area contributed by atoms with Crippen molar-refractivity contribution in [2.24, 2.45) is 0 Å². The zero-order valence-corrected chi connectivity index (χ0v) is 17.3. The van der Waals surface area contributed by atoms with Gasteiger partial charge in [-0.2, -0.15) is 4.31 Å². The largest absolute Gasteiger partial charge is 0.370 e. The summed E-state index contributed by atoms with van der Waals surface area (Å²) in [6.45, 7) is 10.8. The van der Waals surface area contributed by atoms with Crippen molar-refractivity contribution in [1.29, 1.82) is 0 Å². The van der Waals surface area contributed by atoms with Crippen molar-refractivity contribution in [3.05, 3.63) is 28.8 Å². The summed E-state index contributed by atoms with van der Waals surface area (Å²) in [5, 5.41) is 0. The van der Waals surface area contributed by atoms with Crippen LogP contribution in [0.5, 0.6) is 0 Å². The fraction of sp³-hybridized carbons (Fsp3) is 0.632. The second-order valence-corrected chi connectivity index (χ2v) is 9.43. The molecule has 1 aromatic carbocycles. The second-order valence-electron chi connectivity index (χ2n) is 7.55.